The van der Waals surface area contributed by atoms with Gasteiger partial charge in [0.05, 0.1) is 12.6 Å². The topological polar surface area (TPSA) is 52.6 Å². The predicted octanol–water partition coefficient (Wildman–Crippen LogP) is 2.08. The van der Waals surface area contributed by atoms with Gasteiger partial charge in [-0.15, -0.1) is 0 Å². The van der Waals surface area contributed by atoms with Gasteiger partial charge in [-0.05, 0) is 37.0 Å². The van der Waals surface area contributed by atoms with E-state index < -0.39 is 6.10 Å². The molecule has 0 bridgehead atoms. The van der Waals surface area contributed by atoms with E-state index in [0.717, 1.165) is 36.0 Å². The van der Waals surface area contributed by atoms with E-state index in [1.165, 1.54) is 6.42 Å². The van der Waals surface area contributed by atoms with Gasteiger partial charge in [-0.25, -0.2) is 0 Å². The molecule has 0 aliphatic carbocycles. The van der Waals surface area contributed by atoms with Gasteiger partial charge in [-0.3, -0.25) is 4.79 Å². The van der Waals surface area contributed by atoms with Crippen LogP contribution < -0.4 is 5.32 Å². The summed E-state index contributed by atoms with van der Waals surface area (Å²) >= 11 is 3.38. The lowest BCUT2D eigenvalue weighted by molar-refractivity contribution is -0.131. The second-order valence-corrected chi connectivity index (χ2v) is 6.06. The lowest BCUT2D eigenvalue weighted by atomic mass is 10.1. The highest BCUT2D eigenvalue weighted by Gasteiger charge is 2.16. The summed E-state index contributed by atoms with van der Waals surface area (Å²) in [4.78, 5) is 13.8. The average Bonchev–Trinajstić information content (AvgIpc) is 2.48. The minimum absolute atomic E-state index is 0.131. The van der Waals surface area contributed by atoms with Crippen molar-refractivity contribution in [3.8, 4) is 0 Å². The van der Waals surface area contributed by atoms with Crippen molar-refractivity contribution in [3.05, 3.63) is 34.3 Å². The monoisotopic (exact) mass is 340 g/mol. The summed E-state index contributed by atoms with van der Waals surface area (Å²) in [7, 11) is 0. The average molecular weight is 341 g/mol. The largest absolute Gasteiger partial charge is 0.387 e. The number of piperidine rings is 1. The molecule has 2 rings (SSSR count). The van der Waals surface area contributed by atoms with Crippen LogP contribution in [0.5, 0.6) is 0 Å². The molecule has 1 aromatic carbocycles. The Balaban J connectivity index is 1.73. The van der Waals surface area contributed by atoms with E-state index in [-0.39, 0.29) is 5.91 Å². The highest BCUT2D eigenvalue weighted by molar-refractivity contribution is 9.10. The maximum atomic E-state index is 11.9. The van der Waals surface area contributed by atoms with Crippen molar-refractivity contribution in [3.63, 3.8) is 0 Å². The van der Waals surface area contributed by atoms with Crippen molar-refractivity contribution < 1.29 is 9.90 Å². The maximum absolute atomic E-state index is 11.9. The normalized spacial score (nSPS) is 17.0. The molecule has 4 nitrogen and oxygen atoms in total. The molecule has 1 fully saturated rings. The number of nitrogens with zero attached hydrogens (tertiary/aromatic N) is 1. The molecule has 0 aromatic heterocycles. The number of carbonyl (C=O) groups excluding carboxylic acids is 1. The van der Waals surface area contributed by atoms with Crippen molar-refractivity contribution in [2.75, 3.05) is 26.2 Å². The van der Waals surface area contributed by atoms with E-state index in [0.29, 0.717) is 13.1 Å². The third-order valence-electron chi connectivity index (χ3n) is 3.56. The molecule has 0 radical (unpaired) electrons. The molecular weight excluding hydrogens is 320 g/mol. The van der Waals surface area contributed by atoms with Crippen molar-refractivity contribution >= 4 is 21.8 Å². The number of halogens is 1. The van der Waals surface area contributed by atoms with Crippen LogP contribution in [-0.2, 0) is 4.79 Å². The Kier molecular flexibility index (Phi) is 6.01. The number of rotatable bonds is 5. The number of hydrogen-bond acceptors (Lipinski definition) is 3. The van der Waals surface area contributed by atoms with Gasteiger partial charge in [0.15, 0.2) is 0 Å². The van der Waals surface area contributed by atoms with Crippen molar-refractivity contribution in [1.29, 1.82) is 0 Å². The van der Waals surface area contributed by atoms with Crippen LogP contribution in [-0.4, -0.2) is 42.1 Å². The SMILES string of the molecule is O=C(CNCC(O)c1cccc(Br)c1)N1CCCCC1. The van der Waals surface area contributed by atoms with Crippen LogP contribution in [0, 0.1) is 0 Å². The smallest absolute Gasteiger partial charge is 0.236 e. The Hall–Kier alpha value is -0.910. The first-order valence-corrected chi connectivity index (χ1v) is 7.88. The molecule has 1 aliphatic rings. The molecule has 5 heteroatoms. The molecule has 1 saturated heterocycles. The summed E-state index contributed by atoms with van der Waals surface area (Å²) in [5.74, 6) is 0.131. The van der Waals surface area contributed by atoms with E-state index in [1.54, 1.807) is 0 Å². The van der Waals surface area contributed by atoms with Crippen LogP contribution in [0.25, 0.3) is 0 Å². The quantitative estimate of drug-likeness (QED) is 0.862. The zero-order chi connectivity index (χ0) is 14.4. The molecule has 1 aromatic rings. The Morgan fingerprint density at radius 2 is 2.10 bits per heavy atom. The van der Waals surface area contributed by atoms with Crippen molar-refractivity contribution in [2.24, 2.45) is 0 Å². The van der Waals surface area contributed by atoms with Crippen LogP contribution in [0.1, 0.15) is 30.9 Å². The van der Waals surface area contributed by atoms with Crippen LogP contribution in [0.15, 0.2) is 28.7 Å². The number of likely N-dealkylation sites (tertiary alicyclic amines) is 1. The van der Waals surface area contributed by atoms with E-state index in [1.807, 2.05) is 29.2 Å². The van der Waals surface area contributed by atoms with E-state index >= 15 is 0 Å². The number of carbonyl (C=O) groups is 1. The van der Waals surface area contributed by atoms with Gasteiger partial charge < -0.3 is 15.3 Å². The number of amides is 1. The van der Waals surface area contributed by atoms with E-state index in [4.69, 9.17) is 0 Å². The van der Waals surface area contributed by atoms with Gasteiger partial charge in [0, 0.05) is 24.1 Å². The molecule has 1 atom stereocenters. The first kappa shape index (κ1) is 15.5. The standard InChI is InChI=1S/C15H21BrN2O2/c16-13-6-4-5-12(9-13)14(19)10-17-11-15(20)18-7-2-1-3-8-18/h4-6,9,14,17,19H,1-3,7-8,10-11H2. The second kappa shape index (κ2) is 7.76. The second-order valence-electron chi connectivity index (χ2n) is 5.14. The number of aliphatic hydroxyl groups is 1. The van der Waals surface area contributed by atoms with E-state index in [2.05, 4.69) is 21.2 Å². The highest BCUT2D eigenvalue weighted by Crippen LogP contribution is 2.17. The van der Waals surface area contributed by atoms with Crippen LogP contribution in [0.2, 0.25) is 0 Å². The molecule has 110 valence electrons. The van der Waals surface area contributed by atoms with Crippen molar-refractivity contribution in [1.82, 2.24) is 10.2 Å². The van der Waals surface area contributed by atoms with Gasteiger partial charge >= 0.3 is 0 Å². The maximum Gasteiger partial charge on any atom is 0.236 e. The fraction of sp³-hybridized carbons (Fsp3) is 0.533. The third-order valence-corrected chi connectivity index (χ3v) is 4.05. The van der Waals surface area contributed by atoms with Gasteiger partial charge in [0.25, 0.3) is 0 Å². The minimum Gasteiger partial charge on any atom is -0.387 e. The summed E-state index contributed by atoms with van der Waals surface area (Å²) in [6.07, 6.45) is 2.83. The Labute approximate surface area is 128 Å². The Morgan fingerprint density at radius 1 is 1.35 bits per heavy atom. The summed E-state index contributed by atoms with van der Waals surface area (Å²) in [6, 6.07) is 7.58. The third kappa shape index (κ3) is 4.58. The first-order valence-electron chi connectivity index (χ1n) is 7.09. The molecule has 1 unspecified atom stereocenters. The van der Waals surface area contributed by atoms with Gasteiger partial charge in [-0.1, -0.05) is 28.1 Å². The zero-order valence-electron chi connectivity index (χ0n) is 11.5. The minimum atomic E-state index is -0.596. The molecule has 1 amide bonds. The summed E-state index contributed by atoms with van der Waals surface area (Å²) in [5, 5.41) is 13.1. The Morgan fingerprint density at radius 3 is 2.80 bits per heavy atom. The predicted molar refractivity (Wildman–Crippen MR) is 82.4 cm³/mol. The molecule has 2 N–H and O–H groups in total. The fourth-order valence-corrected chi connectivity index (χ4v) is 2.82. The van der Waals surface area contributed by atoms with Gasteiger partial charge in [0.2, 0.25) is 5.91 Å². The Bertz CT molecular complexity index is 447. The zero-order valence-corrected chi connectivity index (χ0v) is 13.1. The highest BCUT2D eigenvalue weighted by atomic mass is 79.9. The van der Waals surface area contributed by atoms with Crippen LogP contribution in [0.3, 0.4) is 0 Å². The van der Waals surface area contributed by atoms with Gasteiger partial charge in [0.1, 0.15) is 0 Å². The molecule has 0 saturated carbocycles. The molecule has 20 heavy (non-hydrogen) atoms. The first-order chi connectivity index (χ1) is 9.66. The fourth-order valence-electron chi connectivity index (χ4n) is 2.40. The number of nitrogens with one attached hydrogen (secondary N) is 1. The van der Waals surface area contributed by atoms with Crippen LogP contribution >= 0.6 is 15.9 Å². The summed E-state index contributed by atoms with van der Waals surface area (Å²) in [5.41, 5.74) is 0.845. The number of benzene rings is 1. The van der Waals surface area contributed by atoms with Gasteiger partial charge in [-0.2, -0.15) is 0 Å². The number of hydrogen-bond donors (Lipinski definition) is 2. The summed E-state index contributed by atoms with van der Waals surface area (Å²) in [6.45, 7) is 2.42. The molecule has 0 spiro atoms. The molecule has 1 aliphatic heterocycles. The summed E-state index contributed by atoms with van der Waals surface area (Å²) < 4.78 is 0.943. The molecular formula is C15H21BrN2O2. The van der Waals surface area contributed by atoms with Crippen LogP contribution in [0.4, 0.5) is 0 Å². The number of aliphatic hydroxyl groups excluding tert-OH is 1. The lowest BCUT2D eigenvalue weighted by Gasteiger charge is -2.27. The van der Waals surface area contributed by atoms with E-state index in [9.17, 15) is 9.90 Å². The lowest BCUT2D eigenvalue weighted by Crippen LogP contribution is -2.41. The molecule has 1 heterocycles. The van der Waals surface area contributed by atoms with Crippen molar-refractivity contribution in [2.45, 2.75) is 25.4 Å².